The second-order valence-electron chi connectivity index (χ2n) is 11.4. The van der Waals surface area contributed by atoms with Gasteiger partial charge >= 0.3 is 0 Å². The summed E-state index contributed by atoms with van der Waals surface area (Å²) in [6.45, 7) is 0.637. The lowest BCUT2D eigenvalue weighted by Gasteiger charge is -2.13. The standard InChI is InChI=1S/C33H60N2O4/c36-27-21-17-13-9-5-1-3-7-11-15-19-23-32(38)34-30-25-26-31(29-30)35-33(39)24-20-16-12-8-4-2-6-10-14-18-22-28-37/h19-20,23-24,30-31,36-37H,1-18,21-22,25-29H2,(H,34,38)(H,35,39)/t30-,31+. The summed E-state index contributed by atoms with van der Waals surface area (Å²) in [4.78, 5) is 24.5. The second kappa shape index (κ2) is 26.6. The first-order valence-electron chi connectivity index (χ1n) is 16.3. The van der Waals surface area contributed by atoms with Crippen LogP contribution in [0.15, 0.2) is 24.3 Å². The molecule has 1 saturated carbocycles. The Morgan fingerprint density at radius 3 is 1.15 bits per heavy atom. The number of carbonyl (C=O) groups is 2. The van der Waals surface area contributed by atoms with Gasteiger partial charge in [-0.2, -0.15) is 0 Å². The number of allylic oxidation sites excluding steroid dienone is 2. The molecule has 2 amide bonds. The summed E-state index contributed by atoms with van der Waals surface area (Å²) < 4.78 is 0. The monoisotopic (exact) mass is 548 g/mol. The molecule has 2 atom stereocenters. The van der Waals surface area contributed by atoms with Crippen LogP contribution in [0, 0.1) is 0 Å². The lowest BCUT2D eigenvalue weighted by atomic mass is 10.1. The van der Waals surface area contributed by atoms with Crippen LogP contribution in [0.1, 0.15) is 148 Å². The Bertz CT molecular complexity index is 596. The van der Waals surface area contributed by atoms with Gasteiger partial charge in [0, 0.05) is 25.3 Å². The number of hydrogen-bond donors (Lipinski definition) is 4. The summed E-state index contributed by atoms with van der Waals surface area (Å²) in [5.41, 5.74) is 0. The maximum atomic E-state index is 12.2. The zero-order chi connectivity index (χ0) is 28.2. The van der Waals surface area contributed by atoms with Crippen LogP contribution in [0.3, 0.4) is 0 Å². The third-order valence-corrected chi connectivity index (χ3v) is 7.72. The molecular formula is C33H60N2O4. The lowest BCUT2D eigenvalue weighted by molar-refractivity contribution is -0.117. The molecule has 0 unspecified atom stereocenters. The van der Waals surface area contributed by atoms with E-state index in [4.69, 9.17) is 10.2 Å². The number of rotatable bonds is 26. The molecule has 1 aliphatic carbocycles. The minimum absolute atomic E-state index is 0.0172. The van der Waals surface area contributed by atoms with Gasteiger partial charge in [0.25, 0.3) is 0 Å². The first-order chi connectivity index (χ1) is 19.2. The van der Waals surface area contributed by atoms with Crippen molar-refractivity contribution in [3.8, 4) is 0 Å². The summed E-state index contributed by atoms with van der Waals surface area (Å²) in [7, 11) is 0. The van der Waals surface area contributed by atoms with E-state index in [0.717, 1.165) is 70.6 Å². The van der Waals surface area contributed by atoms with Gasteiger partial charge in [-0.05, 0) is 69.9 Å². The van der Waals surface area contributed by atoms with E-state index < -0.39 is 0 Å². The van der Waals surface area contributed by atoms with E-state index in [1.807, 2.05) is 12.2 Å². The van der Waals surface area contributed by atoms with Gasteiger partial charge in [0.05, 0.1) is 0 Å². The molecule has 0 radical (unpaired) electrons. The summed E-state index contributed by atoms with van der Waals surface area (Å²) >= 11 is 0. The van der Waals surface area contributed by atoms with E-state index in [9.17, 15) is 9.59 Å². The smallest absolute Gasteiger partial charge is 0.243 e. The average Bonchev–Trinajstić information content (AvgIpc) is 3.36. The Morgan fingerprint density at radius 2 is 0.821 bits per heavy atom. The number of nitrogens with one attached hydrogen (secondary N) is 2. The topological polar surface area (TPSA) is 98.7 Å². The predicted octanol–water partition coefficient (Wildman–Crippen LogP) is 7.04. The minimum atomic E-state index is -0.0172. The van der Waals surface area contributed by atoms with Crippen molar-refractivity contribution >= 4 is 11.8 Å². The van der Waals surface area contributed by atoms with Gasteiger partial charge in [-0.3, -0.25) is 9.59 Å². The van der Waals surface area contributed by atoms with Crippen molar-refractivity contribution in [2.75, 3.05) is 13.2 Å². The van der Waals surface area contributed by atoms with Gasteiger partial charge in [-0.25, -0.2) is 0 Å². The van der Waals surface area contributed by atoms with Gasteiger partial charge in [-0.1, -0.05) is 102 Å². The van der Waals surface area contributed by atoms with Crippen LogP contribution in [-0.2, 0) is 9.59 Å². The zero-order valence-electron chi connectivity index (χ0n) is 24.9. The number of amides is 2. The van der Waals surface area contributed by atoms with Gasteiger partial charge in [-0.15, -0.1) is 0 Å². The Kier molecular flexibility index (Phi) is 24.1. The third kappa shape index (κ3) is 22.8. The number of unbranched alkanes of at least 4 members (excludes halogenated alkanes) is 18. The maximum Gasteiger partial charge on any atom is 0.243 e. The molecule has 1 rings (SSSR count). The lowest BCUT2D eigenvalue weighted by Crippen LogP contribution is -2.36. The van der Waals surface area contributed by atoms with Gasteiger partial charge in [0.15, 0.2) is 0 Å². The van der Waals surface area contributed by atoms with Crippen molar-refractivity contribution in [2.45, 2.75) is 160 Å². The second-order valence-corrected chi connectivity index (χ2v) is 11.4. The van der Waals surface area contributed by atoms with Crippen LogP contribution < -0.4 is 10.6 Å². The van der Waals surface area contributed by atoms with Crippen LogP contribution in [-0.4, -0.2) is 47.3 Å². The third-order valence-electron chi connectivity index (χ3n) is 7.72. The molecule has 6 nitrogen and oxygen atoms in total. The van der Waals surface area contributed by atoms with Crippen LogP contribution in [0.25, 0.3) is 0 Å². The summed E-state index contributed by atoms with van der Waals surface area (Å²) in [6.07, 6.45) is 33.4. The highest BCUT2D eigenvalue weighted by Gasteiger charge is 2.26. The highest BCUT2D eigenvalue weighted by Crippen LogP contribution is 2.19. The van der Waals surface area contributed by atoms with E-state index in [2.05, 4.69) is 10.6 Å². The molecular weight excluding hydrogens is 488 g/mol. The van der Waals surface area contributed by atoms with Gasteiger partial charge in [0.1, 0.15) is 0 Å². The van der Waals surface area contributed by atoms with E-state index in [1.165, 1.54) is 77.0 Å². The Balaban J connectivity index is 1.97. The van der Waals surface area contributed by atoms with Crippen molar-refractivity contribution in [1.82, 2.24) is 10.6 Å². The first-order valence-corrected chi connectivity index (χ1v) is 16.3. The normalized spacial score (nSPS) is 17.4. The van der Waals surface area contributed by atoms with Crippen molar-refractivity contribution in [3.05, 3.63) is 24.3 Å². The van der Waals surface area contributed by atoms with Crippen molar-refractivity contribution in [2.24, 2.45) is 0 Å². The fourth-order valence-electron chi connectivity index (χ4n) is 5.35. The van der Waals surface area contributed by atoms with Crippen LogP contribution in [0.2, 0.25) is 0 Å². The molecule has 0 saturated heterocycles. The highest BCUT2D eigenvalue weighted by molar-refractivity contribution is 5.88. The maximum absolute atomic E-state index is 12.2. The van der Waals surface area contributed by atoms with Crippen molar-refractivity contribution in [3.63, 3.8) is 0 Å². The van der Waals surface area contributed by atoms with Gasteiger partial charge < -0.3 is 20.8 Å². The Hall–Kier alpha value is -1.66. The molecule has 0 spiro atoms. The summed E-state index contributed by atoms with van der Waals surface area (Å²) in [6, 6.07) is 0.284. The van der Waals surface area contributed by atoms with E-state index in [0.29, 0.717) is 13.2 Å². The molecule has 0 aromatic heterocycles. The summed E-state index contributed by atoms with van der Waals surface area (Å²) in [5.74, 6) is -0.0344. The SMILES string of the molecule is O=C(C=CCCCCCCCCCCCO)N[C@@H]1CC[C@H](NC(=O)C=CCCCCCCCCCCCO)C1. The van der Waals surface area contributed by atoms with Crippen molar-refractivity contribution < 1.29 is 19.8 Å². The average molecular weight is 549 g/mol. The molecule has 1 fully saturated rings. The fourth-order valence-corrected chi connectivity index (χ4v) is 5.35. The van der Waals surface area contributed by atoms with Crippen LogP contribution >= 0.6 is 0 Å². The largest absolute Gasteiger partial charge is 0.396 e. The molecule has 0 aromatic carbocycles. The van der Waals surface area contributed by atoms with Crippen LogP contribution in [0.4, 0.5) is 0 Å². The van der Waals surface area contributed by atoms with Crippen molar-refractivity contribution in [1.29, 1.82) is 0 Å². The number of aliphatic hydroxyl groups excluding tert-OH is 2. The molecule has 0 aromatic rings. The first kappa shape index (κ1) is 35.4. The van der Waals surface area contributed by atoms with E-state index in [1.54, 1.807) is 12.2 Å². The van der Waals surface area contributed by atoms with E-state index >= 15 is 0 Å². The molecule has 0 bridgehead atoms. The molecule has 4 N–H and O–H groups in total. The molecule has 6 heteroatoms. The molecule has 0 heterocycles. The van der Waals surface area contributed by atoms with Gasteiger partial charge in [0.2, 0.25) is 11.8 Å². The predicted molar refractivity (Wildman–Crippen MR) is 163 cm³/mol. The Labute approximate surface area is 239 Å². The highest BCUT2D eigenvalue weighted by atomic mass is 16.3. The molecule has 0 aliphatic heterocycles. The van der Waals surface area contributed by atoms with Crippen LogP contribution in [0.5, 0.6) is 0 Å². The minimum Gasteiger partial charge on any atom is -0.396 e. The molecule has 39 heavy (non-hydrogen) atoms. The van der Waals surface area contributed by atoms with E-state index in [-0.39, 0.29) is 23.9 Å². The summed E-state index contributed by atoms with van der Waals surface area (Å²) in [5, 5.41) is 23.7. The Morgan fingerprint density at radius 1 is 0.513 bits per heavy atom. The number of aliphatic hydroxyl groups is 2. The molecule has 226 valence electrons. The number of carbonyl (C=O) groups excluding carboxylic acids is 2. The zero-order valence-corrected chi connectivity index (χ0v) is 24.9. The quantitative estimate of drug-likeness (QED) is 0.0688. The number of hydrogen-bond acceptors (Lipinski definition) is 4. The molecule has 1 aliphatic rings. The fraction of sp³-hybridized carbons (Fsp3) is 0.818.